The molecule has 31 heavy (non-hydrogen) atoms. The monoisotopic (exact) mass is 455 g/mol. The van der Waals surface area contributed by atoms with Crippen LogP contribution < -0.4 is 15.7 Å². The van der Waals surface area contributed by atoms with E-state index in [0.29, 0.717) is 24.5 Å². The number of methoxy groups -OCH3 is 1. The third-order valence-corrected chi connectivity index (χ3v) is 7.22. The van der Waals surface area contributed by atoms with Gasteiger partial charge >= 0.3 is 5.69 Å². The second-order valence-electron chi connectivity index (χ2n) is 7.34. The molecule has 0 atom stereocenters. The van der Waals surface area contributed by atoms with Gasteiger partial charge in [0.05, 0.1) is 19.4 Å². The second-order valence-corrected chi connectivity index (χ2v) is 9.34. The number of para-hydroxylation sites is 1. The van der Waals surface area contributed by atoms with Crippen molar-refractivity contribution in [2.45, 2.75) is 37.3 Å². The summed E-state index contributed by atoms with van der Waals surface area (Å²) in [5, 5.41) is 5.68. The van der Waals surface area contributed by atoms with Crippen LogP contribution in [0, 0.1) is 0 Å². The van der Waals surface area contributed by atoms with Crippen molar-refractivity contribution >= 4 is 29.0 Å². The Morgan fingerprint density at radius 1 is 1.26 bits per heavy atom. The number of nitrogens with one attached hydrogen (secondary N) is 1. The van der Waals surface area contributed by atoms with Crippen molar-refractivity contribution in [3.8, 4) is 5.75 Å². The molecule has 0 aliphatic heterocycles. The van der Waals surface area contributed by atoms with Gasteiger partial charge in [0.25, 0.3) is 0 Å². The Kier molecular flexibility index (Phi) is 7.09. The van der Waals surface area contributed by atoms with Crippen molar-refractivity contribution in [2.24, 2.45) is 0 Å². The summed E-state index contributed by atoms with van der Waals surface area (Å²) in [7, 11) is 1.65. The van der Waals surface area contributed by atoms with Gasteiger partial charge in [0.15, 0.2) is 0 Å². The molecule has 2 aromatic heterocycles. The van der Waals surface area contributed by atoms with Crippen LogP contribution >= 0.6 is 23.1 Å². The summed E-state index contributed by atoms with van der Waals surface area (Å²) in [6.45, 7) is 1.11. The fourth-order valence-electron chi connectivity index (χ4n) is 3.86. The Bertz CT molecular complexity index is 1110. The van der Waals surface area contributed by atoms with E-state index in [1.165, 1.54) is 11.8 Å². The molecule has 0 unspecified atom stereocenters. The van der Waals surface area contributed by atoms with Gasteiger partial charge in [-0.2, -0.15) is 4.98 Å². The van der Waals surface area contributed by atoms with Gasteiger partial charge in [0.1, 0.15) is 10.8 Å². The summed E-state index contributed by atoms with van der Waals surface area (Å²) in [5.74, 6) is 1.02. The highest BCUT2D eigenvalue weighted by molar-refractivity contribution is 7.99. The van der Waals surface area contributed by atoms with E-state index in [1.807, 2.05) is 41.8 Å². The zero-order chi connectivity index (χ0) is 21.6. The van der Waals surface area contributed by atoms with Crippen LogP contribution in [0.2, 0.25) is 0 Å². The quantitative estimate of drug-likeness (QED) is 0.396. The number of carbonyl (C=O) groups is 1. The normalized spacial score (nSPS) is 12.5. The van der Waals surface area contributed by atoms with Crippen molar-refractivity contribution < 1.29 is 9.53 Å². The van der Waals surface area contributed by atoms with Gasteiger partial charge in [0, 0.05) is 22.7 Å². The average Bonchev–Trinajstić information content (AvgIpc) is 3.47. The molecule has 8 heteroatoms. The predicted molar refractivity (Wildman–Crippen MR) is 124 cm³/mol. The number of benzene rings is 1. The smallest absolute Gasteiger partial charge is 0.349 e. The maximum Gasteiger partial charge on any atom is 0.349 e. The summed E-state index contributed by atoms with van der Waals surface area (Å²) in [4.78, 5) is 30.5. The number of rotatable bonds is 9. The highest BCUT2D eigenvalue weighted by atomic mass is 32.2. The summed E-state index contributed by atoms with van der Waals surface area (Å²) in [6.07, 6.45) is 3.51. The fraction of sp³-hybridized carbons (Fsp3) is 0.348. The lowest BCUT2D eigenvalue weighted by Crippen LogP contribution is -2.29. The molecule has 0 saturated heterocycles. The first-order valence-electron chi connectivity index (χ1n) is 10.3. The van der Waals surface area contributed by atoms with E-state index in [-0.39, 0.29) is 17.3 Å². The maximum absolute atomic E-state index is 12.7. The highest BCUT2D eigenvalue weighted by Gasteiger charge is 2.22. The van der Waals surface area contributed by atoms with E-state index in [2.05, 4.69) is 10.3 Å². The van der Waals surface area contributed by atoms with Crippen LogP contribution in [0.25, 0.3) is 0 Å². The molecule has 1 aliphatic carbocycles. The first kappa shape index (κ1) is 21.6. The molecule has 1 amide bonds. The summed E-state index contributed by atoms with van der Waals surface area (Å²) < 4.78 is 7.15. The van der Waals surface area contributed by atoms with E-state index >= 15 is 0 Å². The van der Waals surface area contributed by atoms with Gasteiger partial charge < -0.3 is 10.1 Å². The van der Waals surface area contributed by atoms with Crippen LogP contribution in [0.5, 0.6) is 5.75 Å². The number of thioether (sulfide) groups is 1. The Labute approximate surface area is 189 Å². The number of carbonyl (C=O) groups excluding carboxylic acids is 1. The fourth-order valence-corrected chi connectivity index (χ4v) is 5.46. The molecule has 0 fully saturated rings. The van der Waals surface area contributed by atoms with Crippen LogP contribution in [0.1, 0.15) is 28.1 Å². The molecule has 0 bridgehead atoms. The Balaban J connectivity index is 1.36. The van der Waals surface area contributed by atoms with Crippen molar-refractivity contribution in [1.29, 1.82) is 0 Å². The third kappa shape index (κ3) is 5.19. The van der Waals surface area contributed by atoms with Crippen LogP contribution in [-0.4, -0.2) is 34.9 Å². The summed E-state index contributed by atoms with van der Waals surface area (Å²) >= 11 is 3.01. The largest absolute Gasteiger partial charge is 0.496 e. The first-order valence-corrected chi connectivity index (χ1v) is 12.2. The predicted octanol–water partition coefficient (Wildman–Crippen LogP) is 3.30. The number of amides is 1. The molecule has 2 heterocycles. The number of aromatic nitrogens is 2. The van der Waals surface area contributed by atoms with Crippen molar-refractivity contribution in [2.75, 3.05) is 19.4 Å². The lowest BCUT2D eigenvalue weighted by molar-refractivity contribution is -0.118. The molecule has 0 spiro atoms. The molecular weight excluding hydrogens is 430 g/mol. The van der Waals surface area contributed by atoms with E-state index in [9.17, 15) is 9.59 Å². The molecule has 0 saturated carbocycles. The number of hydrogen-bond acceptors (Lipinski definition) is 6. The van der Waals surface area contributed by atoms with Crippen LogP contribution in [0.3, 0.4) is 0 Å². The van der Waals surface area contributed by atoms with E-state index in [1.54, 1.807) is 23.0 Å². The van der Waals surface area contributed by atoms with Crippen molar-refractivity contribution in [1.82, 2.24) is 14.9 Å². The first-order chi connectivity index (χ1) is 15.2. The Morgan fingerprint density at radius 3 is 2.94 bits per heavy atom. The van der Waals surface area contributed by atoms with E-state index in [0.717, 1.165) is 46.7 Å². The van der Waals surface area contributed by atoms with Gasteiger partial charge in [-0.15, -0.1) is 11.3 Å². The molecule has 1 N–H and O–H groups in total. The summed E-state index contributed by atoms with van der Waals surface area (Å²) in [5.41, 5.74) is 3.04. The minimum atomic E-state index is -0.229. The number of hydrogen-bond donors (Lipinski definition) is 1. The number of nitrogens with zero attached hydrogens (tertiary/aromatic N) is 2. The molecule has 6 nitrogen and oxygen atoms in total. The highest BCUT2D eigenvalue weighted by Crippen LogP contribution is 2.29. The Hall–Kier alpha value is -2.58. The summed E-state index contributed by atoms with van der Waals surface area (Å²) in [6, 6.07) is 11.8. The number of thiophene rings is 1. The zero-order valence-electron chi connectivity index (χ0n) is 17.4. The van der Waals surface area contributed by atoms with Crippen LogP contribution in [0.4, 0.5) is 0 Å². The lowest BCUT2D eigenvalue weighted by atomic mass is 10.1. The van der Waals surface area contributed by atoms with Crippen LogP contribution in [0.15, 0.2) is 51.6 Å². The van der Waals surface area contributed by atoms with E-state index in [4.69, 9.17) is 4.74 Å². The van der Waals surface area contributed by atoms with E-state index < -0.39 is 0 Å². The van der Waals surface area contributed by atoms with Gasteiger partial charge in [-0.1, -0.05) is 36.0 Å². The minimum absolute atomic E-state index is 0.0591. The molecule has 0 radical (unpaired) electrons. The van der Waals surface area contributed by atoms with Gasteiger partial charge in [0.2, 0.25) is 5.91 Å². The molecule has 4 rings (SSSR count). The number of fused-ring (bicyclic) bond motifs is 1. The minimum Gasteiger partial charge on any atom is -0.496 e. The van der Waals surface area contributed by atoms with Crippen molar-refractivity contribution in [3.63, 3.8) is 0 Å². The molecule has 1 aromatic carbocycles. The second kappa shape index (κ2) is 10.2. The standard InChI is InChI=1S/C23H25N3O3S2/c1-29-20-10-3-2-6-16(20)11-12-24-21(27)15-31-22-18-8-4-9-19(18)26(23(28)25-22)14-17-7-5-13-30-17/h2-3,5-7,10,13H,4,8-9,11-12,14-15H2,1H3,(H,24,27). The molecular formula is C23H25N3O3S2. The molecule has 1 aliphatic rings. The SMILES string of the molecule is COc1ccccc1CCNC(=O)CSc1nc(=O)n(Cc2cccs2)c2c1CCC2. The Morgan fingerprint density at radius 2 is 2.13 bits per heavy atom. The average molecular weight is 456 g/mol. The molecule has 3 aromatic rings. The van der Waals surface area contributed by atoms with Crippen molar-refractivity contribution in [3.05, 3.63) is 74.0 Å². The van der Waals surface area contributed by atoms with Gasteiger partial charge in [-0.05, 0) is 48.8 Å². The zero-order valence-corrected chi connectivity index (χ0v) is 19.1. The van der Waals surface area contributed by atoms with Crippen LogP contribution in [-0.2, 0) is 30.6 Å². The number of ether oxygens (including phenoxy) is 1. The topological polar surface area (TPSA) is 73.2 Å². The third-order valence-electron chi connectivity index (χ3n) is 5.34. The maximum atomic E-state index is 12.7. The molecule has 162 valence electrons. The van der Waals surface area contributed by atoms with Gasteiger partial charge in [-0.3, -0.25) is 9.36 Å². The lowest BCUT2D eigenvalue weighted by Gasteiger charge is -2.13. The van der Waals surface area contributed by atoms with Gasteiger partial charge in [-0.25, -0.2) is 4.79 Å².